The standard InChI is InChI=1S/C12H18ClNO2S/c1-4-17-12-9(15-2)7-8(5-6-14)11(16-3)10(12)13/h7H,4-6,14H2,1-3H3. The molecule has 1 aromatic carbocycles. The molecule has 0 saturated heterocycles. The largest absolute Gasteiger partial charge is 0.496 e. The van der Waals surface area contributed by atoms with Crippen LogP contribution in [0, 0.1) is 0 Å². The van der Waals surface area contributed by atoms with Gasteiger partial charge in [-0.1, -0.05) is 18.5 Å². The van der Waals surface area contributed by atoms with Crippen LogP contribution in [0.1, 0.15) is 12.5 Å². The van der Waals surface area contributed by atoms with Crippen LogP contribution in [-0.4, -0.2) is 26.5 Å². The number of hydrogen-bond acceptors (Lipinski definition) is 4. The van der Waals surface area contributed by atoms with Crippen LogP contribution >= 0.6 is 23.4 Å². The third-order valence-corrected chi connectivity index (χ3v) is 3.80. The number of methoxy groups -OCH3 is 2. The van der Waals surface area contributed by atoms with E-state index in [1.807, 2.05) is 6.07 Å². The Labute approximate surface area is 112 Å². The van der Waals surface area contributed by atoms with Crippen LogP contribution in [0.2, 0.25) is 5.02 Å². The summed E-state index contributed by atoms with van der Waals surface area (Å²) >= 11 is 7.99. The van der Waals surface area contributed by atoms with Crippen molar-refractivity contribution in [3.63, 3.8) is 0 Å². The second-order valence-electron chi connectivity index (χ2n) is 3.39. The third kappa shape index (κ3) is 3.21. The highest BCUT2D eigenvalue weighted by Gasteiger charge is 2.17. The molecule has 0 fully saturated rings. The summed E-state index contributed by atoms with van der Waals surface area (Å²) < 4.78 is 10.7. The van der Waals surface area contributed by atoms with Crippen LogP contribution in [0.4, 0.5) is 0 Å². The molecule has 17 heavy (non-hydrogen) atoms. The molecule has 5 heteroatoms. The lowest BCUT2D eigenvalue weighted by molar-refractivity contribution is 0.391. The van der Waals surface area contributed by atoms with Crippen molar-refractivity contribution in [3.8, 4) is 11.5 Å². The average molecular weight is 276 g/mol. The number of halogens is 1. The van der Waals surface area contributed by atoms with Gasteiger partial charge in [0.2, 0.25) is 0 Å². The highest BCUT2D eigenvalue weighted by molar-refractivity contribution is 7.99. The number of nitrogens with two attached hydrogens (primary N) is 1. The fourth-order valence-corrected chi connectivity index (χ4v) is 2.88. The van der Waals surface area contributed by atoms with E-state index in [0.29, 0.717) is 17.3 Å². The normalized spacial score (nSPS) is 10.4. The zero-order chi connectivity index (χ0) is 12.8. The van der Waals surface area contributed by atoms with Gasteiger partial charge >= 0.3 is 0 Å². The van der Waals surface area contributed by atoms with Crippen LogP contribution < -0.4 is 15.2 Å². The molecule has 0 unspecified atom stereocenters. The molecule has 96 valence electrons. The average Bonchev–Trinajstić information content (AvgIpc) is 2.33. The summed E-state index contributed by atoms with van der Waals surface area (Å²) in [4.78, 5) is 0.925. The van der Waals surface area contributed by atoms with E-state index < -0.39 is 0 Å². The fourth-order valence-electron chi connectivity index (χ4n) is 1.63. The molecule has 2 N–H and O–H groups in total. The molecule has 0 heterocycles. The predicted octanol–water partition coefficient (Wildman–Crippen LogP) is 2.97. The van der Waals surface area contributed by atoms with Gasteiger partial charge in [0.15, 0.2) is 0 Å². The minimum Gasteiger partial charge on any atom is -0.496 e. The van der Waals surface area contributed by atoms with E-state index in [9.17, 15) is 0 Å². The van der Waals surface area contributed by atoms with Gasteiger partial charge in [-0.2, -0.15) is 0 Å². The molecule has 3 nitrogen and oxygen atoms in total. The number of ether oxygens (including phenoxy) is 2. The molecule has 0 atom stereocenters. The molecule has 1 rings (SSSR count). The molecular weight excluding hydrogens is 258 g/mol. The van der Waals surface area contributed by atoms with E-state index in [1.165, 1.54) is 0 Å². The van der Waals surface area contributed by atoms with Crippen molar-refractivity contribution < 1.29 is 9.47 Å². The Morgan fingerprint density at radius 2 is 2.06 bits per heavy atom. The van der Waals surface area contributed by atoms with Crippen molar-refractivity contribution in [3.05, 3.63) is 16.7 Å². The maximum Gasteiger partial charge on any atom is 0.142 e. The Balaban J connectivity index is 3.32. The quantitative estimate of drug-likeness (QED) is 0.811. The Hall–Kier alpha value is -0.580. The van der Waals surface area contributed by atoms with Gasteiger partial charge in [-0.15, -0.1) is 11.8 Å². The van der Waals surface area contributed by atoms with Gasteiger partial charge in [0.05, 0.1) is 19.1 Å². The Bertz CT molecular complexity index is 385. The molecule has 0 aliphatic heterocycles. The van der Waals surface area contributed by atoms with Crippen molar-refractivity contribution in [1.82, 2.24) is 0 Å². The van der Waals surface area contributed by atoms with E-state index in [4.69, 9.17) is 26.8 Å². The number of rotatable bonds is 6. The number of thioether (sulfide) groups is 1. The van der Waals surface area contributed by atoms with Crippen molar-refractivity contribution >= 4 is 23.4 Å². The second-order valence-corrected chi connectivity index (χ2v) is 5.04. The minimum absolute atomic E-state index is 0.552. The van der Waals surface area contributed by atoms with E-state index in [1.54, 1.807) is 26.0 Å². The highest BCUT2D eigenvalue weighted by atomic mass is 35.5. The lowest BCUT2D eigenvalue weighted by Crippen LogP contribution is -2.05. The zero-order valence-electron chi connectivity index (χ0n) is 10.4. The van der Waals surface area contributed by atoms with Crippen LogP contribution in [0.15, 0.2) is 11.0 Å². The highest BCUT2D eigenvalue weighted by Crippen LogP contribution is 2.43. The zero-order valence-corrected chi connectivity index (χ0v) is 12.0. The van der Waals surface area contributed by atoms with Crippen molar-refractivity contribution in [1.29, 1.82) is 0 Å². The maximum absolute atomic E-state index is 6.35. The summed E-state index contributed by atoms with van der Waals surface area (Å²) in [5.74, 6) is 2.41. The minimum atomic E-state index is 0.552. The van der Waals surface area contributed by atoms with E-state index in [2.05, 4.69) is 6.92 Å². The van der Waals surface area contributed by atoms with Crippen LogP contribution in [0.3, 0.4) is 0 Å². The van der Waals surface area contributed by atoms with Crippen molar-refractivity contribution in [2.75, 3.05) is 26.5 Å². The first-order valence-electron chi connectivity index (χ1n) is 5.45. The van der Waals surface area contributed by atoms with Gasteiger partial charge in [0, 0.05) is 5.56 Å². The lowest BCUT2D eigenvalue weighted by Gasteiger charge is -2.16. The summed E-state index contributed by atoms with van der Waals surface area (Å²) in [5, 5.41) is 0.613. The molecule has 0 aromatic heterocycles. The van der Waals surface area contributed by atoms with E-state index >= 15 is 0 Å². The van der Waals surface area contributed by atoms with Gasteiger partial charge < -0.3 is 15.2 Å². The Morgan fingerprint density at radius 1 is 1.35 bits per heavy atom. The SMILES string of the molecule is CCSc1c(OC)cc(CCN)c(OC)c1Cl. The lowest BCUT2D eigenvalue weighted by atomic mass is 10.1. The Morgan fingerprint density at radius 3 is 2.53 bits per heavy atom. The molecule has 0 aliphatic rings. The third-order valence-electron chi connectivity index (χ3n) is 2.35. The first kappa shape index (κ1) is 14.5. The van der Waals surface area contributed by atoms with Gasteiger partial charge in [0.1, 0.15) is 16.5 Å². The molecule has 0 aliphatic carbocycles. The van der Waals surface area contributed by atoms with Crippen molar-refractivity contribution in [2.24, 2.45) is 5.73 Å². The summed E-state index contributed by atoms with van der Waals surface area (Å²) in [6.45, 7) is 2.62. The molecule has 0 amide bonds. The monoisotopic (exact) mass is 275 g/mol. The van der Waals surface area contributed by atoms with Gasteiger partial charge in [-0.25, -0.2) is 0 Å². The number of benzene rings is 1. The molecule has 1 aromatic rings. The summed E-state index contributed by atoms with van der Waals surface area (Å²) in [6.07, 6.45) is 0.719. The van der Waals surface area contributed by atoms with Crippen LogP contribution in [0.25, 0.3) is 0 Å². The van der Waals surface area contributed by atoms with Gasteiger partial charge in [-0.3, -0.25) is 0 Å². The summed E-state index contributed by atoms with van der Waals surface area (Å²) in [5.41, 5.74) is 6.56. The topological polar surface area (TPSA) is 44.5 Å². The van der Waals surface area contributed by atoms with Crippen LogP contribution in [0.5, 0.6) is 11.5 Å². The smallest absolute Gasteiger partial charge is 0.142 e. The molecule has 0 radical (unpaired) electrons. The maximum atomic E-state index is 6.35. The van der Waals surface area contributed by atoms with Crippen molar-refractivity contribution in [2.45, 2.75) is 18.2 Å². The molecular formula is C12H18ClNO2S. The first-order chi connectivity index (χ1) is 8.19. The van der Waals surface area contributed by atoms with E-state index in [0.717, 1.165) is 28.4 Å². The van der Waals surface area contributed by atoms with Gasteiger partial charge in [0.25, 0.3) is 0 Å². The molecule has 0 saturated carbocycles. The summed E-state index contributed by atoms with van der Waals surface area (Å²) in [6, 6.07) is 1.95. The predicted molar refractivity (Wildman–Crippen MR) is 73.7 cm³/mol. The molecule has 0 spiro atoms. The summed E-state index contributed by atoms with van der Waals surface area (Å²) in [7, 11) is 3.26. The second kappa shape index (κ2) is 6.99. The first-order valence-corrected chi connectivity index (χ1v) is 6.82. The van der Waals surface area contributed by atoms with Crippen LogP contribution in [-0.2, 0) is 6.42 Å². The fraction of sp³-hybridized carbons (Fsp3) is 0.500. The van der Waals surface area contributed by atoms with Gasteiger partial charge in [-0.05, 0) is 24.8 Å². The molecule has 0 bridgehead atoms. The van der Waals surface area contributed by atoms with E-state index in [-0.39, 0.29) is 0 Å². The Kier molecular flexibility index (Phi) is 5.95. The number of hydrogen-bond donors (Lipinski definition) is 1.